The van der Waals surface area contributed by atoms with E-state index in [4.69, 9.17) is 9.72 Å². The minimum atomic E-state index is -0.0502. The Hall–Kier alpha value is -7.11. The average Bonchev–Trinajstić information content (AvgIpc) is 3.82. The second-order valence-corrected chi connectivity index (χ2v) is 18.1. The van der Waals surface area contributed by atoms with E-state index in [-0.39, 0.29) is 10.8 Å². The van der Waals surface area contributed by atoms with Gasteiger partial charge in [-0.05, 0) is 87.7 Å². The normalized spacial score (nSPS) is 13.0. The van der Waals surface area contributed by atoms with Gasteiger partial charge in [0.25, 0.3) is 0 Å². The summed E-state index contributed by atoms with van der Waals surface area (Å²) < 4.78 is 9.14. The van der Waals surface area contributed by atoms with Crippen LogP contribution in [0.25, 0.3) is 49.9 Å². The lowest BCUT2D eigenvalue weighted by Crippen LogP contribution is -2.24. The number of anilines is 4. The summed E-state index contributed by atoms with van der Waals surface area (Å²) in [6.45, 7) is 14.2. The highest BCUT2D eigenvalue weighted by Crippen LogP contribution is 2.50. The van der Waals surface area contributed by atoms with Crippen LogP contribution in [0.2, 0.25) is 0 Å². The van der Waals surface area contributed by atoms with Gasteiger partial charge in [0.05, 0.1) is 28.1 Å². The molecule has 0 bridgehead atoms. The Morgan fingerprint density at radius 2 is 1.13 bits per heavy atom. The van der Waals surface area contributed by atoms with Gasteiger partial charge >= 0.3 is 0 Å². The van der Waals surface area contributed by atoms with Crippen LogP contribution in [0.15, 0.2) is 182 Å². The van der Waals surface area contributed by atoms with Crippen LogP contribution in [-0.2, 0) is 10.8 Å². The molecule has 0 spiro atoms. The standard InChI is InChI=1S/C56H50N4O/c1-55(2,3)40-32-33-57-52(34-40)60-50-29-17-26-47(56(4,5)6)53(50)46-31-30-43(36-51(46)60)61-42-23-15-22-41(35-42)58-37-59(49-28-14-13-27-48(49)58)54-44(38-18-9-7-10-19-38)24-16-25-45(54)39-20-11-8-12-21-39/h7-36H,37H2,1-6H3. The van der Waals surface area contributed by atoms with Crippen LogP contribution in [-0.4, -0.2) is 16.2 Å². The Balaban J connectivity index is 1.05. The summed E-state index contributed by atoms with van der Waals surface area (Å²) in [5.74, 6) is 2.44. The van der Waals surface area contributed by atoms with E-state index in [0.717, 1.165) is 45.4 Å². The van der Waals surface area contributed by atoms with Gasteiger partial charge in [-0.3, -0.25) is 4.57 Å². The summed E-state index contributed by atoms with van der Waals surface area (Å²) in [6, 6.07) is 62.8. The highest BCUT2D eigenvalue weighted by atomic mass is 16.5. The lowest BCUT2D eigenvalue weighted by molar-refractivity contribution is 0.483. The van der Waals surface area contributed by atoms with E-state index in [1.54, 1.807) is 0 Å². The van der Waals surface area contributed by atoms with Crippen LogP contribution < -0.4 is 14.5 Å². The highest BCUT2D eigenvalue weighted by Gasteiger charge is 2.31. The van der Waals surface area contributed by atoms with Crippen molar-refractivity contribution in [3.05, 3.63) is 193 Å². The molecule has 0 amide bonds. The van der Waals surface area contributed by atoms with Gasteiger partial charge in [-0.15, -0.1) is 0 Å². The Morgan fingerprint density at radius 3 is 1.80 bits per heavy atom. The molecule has 0 saturated heterocycles. The van der Waals surface area contributed by atoms with Crippen LogP contribution in [0, 0.1) is 0 Å². The van der Waals surface area contributed by atoms with E-state index in [2.05, 4.69) is 226 Å². The number of ether oxygens (including phenoxy) is 1. The lowest BCUT2D eigenvalue weighted by Gasteiger charge is -2.27. The van der Waals surface area contributed by atoms with Gasteiger partial charge in [-0.25, -0.2) is 4.98 Å². The van der Waals surface area contributed by atoms with Crippen molar-refractivity contribution in [3.63, 3.8) is 0 Å². The molecule has 1 aliphatic heterocycles. The van der Waals surface area contributed by atoms with Crippen LogP contribution in [0.3, 0.4) is 0 Å². The van der Waals surface area contributed by atoms with E-state index in [0.29, 0.717) is 6.67 Å². The lowest BCUT2D eigenvalue weighted by atomic mass is 9.84. The smallest absolute Gasteiger partial charge is 0.137 e. The van der Waals surface area contributed by atoms with Crippen molar-refractivity contribution in [1.82, 2.24) is 9.55 Å². The van der Waals surface area contributed by atoms with E-state index >= 15 is 0 Å². The quantitative estimate of drug-likeness (QED) is 0.161. The minimum absolute atomic E-state index is 0.0192. The van der Waals surface area contributed by atoms with Gasteiger partial charge in [0, 0.05) is 45.9 Å². The Bertz CT molecular complexity index is 3000. The number of nitrogens with zero attached hydrogens (tertiary/aromatic N) is 4. The molecule has 0 fully saturated rings. The van der Waals surface area contributed by atoms with E-state index in [1.165, 1.54) is 49.8 Å². The second kappa shape index (κ2) is 14.9. The highest BCUT2D eigenvalue weighted by molar-refractivity contribution is 6.11. The largest absolute Gasteiger partial charge is 0.457 e. The molecule has 7 aromatic carbocycles. The summed E-state index contributed by atoms with van der Waals surface area (Å²) in [6.07, 6.45) is 1.94. The zero-order valence-corrected chi connectivity index (χ0v) is 35.7. The molecule has 3 heterocycles. The molecule has 2 aromatic heterocycles. The van der Waals surface area contributed by atoms with Gasteiger partial charge in [-0.1, -0.05) is 151 Å². The topological polar surface area (TPSA) is 33.5 Å². The number of hydrogen-bond donors (Lipinski definition) is 0. The number of benzene rings is 7. The summed E-state index contributed by atoms with van der Waals surface area (Å²) in [7, 11) is 0. The Morgan fingerprint density at radius 1 is 0.508 bits per heavy atom. The van der Waals surface area contributed by atoms with Crippen molar-refractivity contribution in [2.24, 2.45) is 0 Å². The molecule has 300 valence electrons. The number of fused-ring (bicyclic) bond motifs is 4. The fourth-order valence-electron chi connectivity index (χ4n) is 9.00. The van der Waals surface area contributed by atoms with E-state index in [1.807, 2.05) is 12.3 Å². The molecule has 5 heteroatoms. The van der Waals surface area contributed by atoms with Crippen LogP contribution >= 0.6 is 0 Å². The third-order valence-corrected chi connectivity index (χ3v) is 12.0. The number of pyridine rings is 1. The first-order chi connectivity index (χ1) is 29.5. The first-order valence-electron chi connectivity index (χ1n) is 21.2. The van der Waals surface area contributed by atoms with Gasteiger partial charge in [0.2, 0.25) is 0 Å². The molecule has 10 rings (SSSR count). The fraction of sp³-hybridized carbons (Fsp3) is 0.161. The molecule has 0 N–H and O–H groups in total. The maximum Gasteiger partial charge on any atom is 0.137 e. The van der Waals surface area contributed by atoms with Crippen molar-refractivity contribution < 1.29 is 4.74 Å². The predicted octanol–water partition coefficient (Wildman–Crippen LogP) is 15.1. The number of hydrogen-bond acceptors (Lipinski definition) is 4. The summed E-state index contributed by atoms with van der Waals surface area (Å²) in [5.41, 5.74) is 14.0. The molecule has 0 unspecified atom stereocenters. The second-order valence-electron chi connectivity index (χ2n) is 18.1. The average molecular weight is 795 g/mol. The molecule has 5 nitrogen and oxygen atoms in total. The van der Waals surface area contributed by atoms with E-state index < -0.39 is 0 Å². The third-order valence-electron chi connectivity index (χ3n) is 12.0. The van der Waals surface area contributed by atoms with Crippen LogP contribution in [0.5, 0.6) is 11.5 Å². The minimum Gasteiger partial charge on any atom is -0.457 e. The fourth-order valence-corrected chi connectivity index (χ4v) is 9.00. The molecule has 1 aliphatic rings. The molecule has 9 aromatic rings. The maximum absolute atomic E-state index is 6.83. The predicted molar refractivity (Wildman–Crippen MR) is 255 cm³/mol. The monoisotopic (exact) mass is 794 g/mol. The number of para-hydroxylation sites is 3. The molecular formula is C56H50N4O. The van der Waals surface area contributed by atoms with Gasteiger partial charge in [0.15, 0.2) is 0 Å². The molecule has 0 aliphatic carbocycles. The SMILES string of the molecule is CC(C)(C)c1ccnc(-n2c3cc(Oc4cccc(N5CN(c6c(-c7ccccc7)cccc6-c6ccccc6)c6ccccc65)c4)ccc3c3c(C(C)(C)C)cccc32)c1. The Kier molecular flexibility index (Phi) is 9.29. The number of rotatable bonds is 7. The van der Waals surface area contributed by atoms with Gasteiger partial charge < -0.3 is 14.5 Å². The molecule has 0 radical (unpaired) electrons. The van der Waals surface area contributed by atoms with Gasteiger partial charge in [-0.2, -0.15) is 0 Å². The molecule has 0 atom stereocenters. The first kappa shape index (κ1) is 38.1. The first-order valence-corrected chi connectivity index (χ1v) is 21.2. The van der Waals surface area contributed by atoms with Gasteiger partial charge in [0.1, 0.15) is 24.0 Å². The van der Waals surface area contributed by atoms with Crippen molar-refractivity contribution in [2.45, 2.75) is 52.4 Å². The number of aromatic nitrogens is 2. The third kappa shape index (κ3) is 6.90. The van der Waals surface area contributed by atoms with Crippen molar-refractivity contribution in [1.29, 1.82) is 0 Å². The maximum atomic E-state index is 6.83. The summed E-state index contributed by atoms with van der Waals surface area (Å²) in [4.78, 5) is 9.82. The zero-order chi connectivity index (χ0) is 41.9. The van der Waals surface area contributed by atoms with Crippen molar-refractivity contribution in [3.8, 4) is 39.6 Å². The summed E-state index contributed by atoms with van der Waals surface area (Å²) >= 11 is 0. The molecular weight excluding hydrogens is 745 g/mol. The molecule has 61 heavy (non-hydrogen) atoms. The van der Waals surface area contributed by atoms with Crippen molar-refractivity contribution in [2.75, 3.05) is 16.5 Å². The summed E-state index contributed by atoms with van der Waals surface area (Å²) in [5, 5.41) is 2.44. The zero-order valence-electron chi connectivity index (χ0n) is 35.7. The van der Waals surface area contributed by atoms with Crippen LogP contribution in [0.1, 0.15) is 52.7 Å². The Labute approximate surface area is 359 Å². The van der Waals surface area contributed by atoms with Crippen molar-refractivity contribution >= 4 is 44.6 Å². The molecule has 0 saturated carbocycles. The van der Waals surface area contributed by atoms with E-state index in [9.17, 15) is 0 Å². The van der Waals surface area contributed by atoms with Crippen LogP contribution in [0.4, 0.5) is 22.7 Å².